The molecule has 3 N–H and O–H groups in total. The Kier molecular flexibility index (Phi) is 6.15. The van der Waals surface area contributed by atoms with Crippen molar-refractivity contribution in [3.05, 3.63) is 35.4 Å². The van der Waals surface area contributed by atoms with Crippen LogP contribution in [0.4, 0.5) is 0 Å². The lowest BCUT2D eigenvalue weighted by atomic mass is 10.1. The van der Waals surface area contributed by atoms with Crippen molar-refractivity contribution in [2.45, 2.75) is 51.1 Å². The molecule has 0 aliphatic carbocycles. The molecule has 23 heavy (non-hydrogen) atoms. The summed E-state index contributed by atoms with van der Waals surface area (Å²) in [5.74, 6) is -0.0145. The Balaban J connectivity index is 1.85. The van der Waals surface area contributed by atoms with Gasteiger partial charge in [-0.05, 0) is 44.4 Å². The zero-order valence-corrected chi connectivity index (χ0v) is 14.4. The normalized spacial score (nSPS) is 18.3. The standard InChI is InChI=1S/C16H25N3O3S/c1-12(2)19-23(21,22)11-14-7-5-13(6-8-14)10-18-16(20)15-4-3-9-17-15/h5-8,12,15,17,19H,3-4,9-11H2,1-2H3,(H,18,20). The minimum atomic E-state index is -3.31. The fourth-order valence-corrected chi connectivity index (χ4v) is 4.03. The third-order valence-corrected chi connectivity index (χ3v) is 5.18. The Morgan fingerprint density at radius 2 is 1.91 bits per heavy atom. The Labute approximate surface area is 138 Å². The number of benzene rings is 1. The van der Waals surface area contributed by atoms with Crippen LogP contribution in [0.3, 0.4) is 0 Å². The fourth-order valence-electron chi connectivity index (χ4n) is 2.59. The summed E-state index contributed by atoms with van der Waals surface area (Å²) in [4.78, 5) is 11.9. The smallest absolute Gasteiger partial charge is 0.237 e. The van der Waals surface area contributed by atoms with Crippen molar-refractivity contribution in [3.8, 4) is 0 Å². The van der Waals surface area contributed by atoms with Crippen LogP contribution in [0.2, 0.25) is 0 Å². The molecule has 0 bridgehead atoms. The predicted octanol–water partition coefficient (Wildman–Crippen LogP) is 0.883. The summed E-state index contributed by atoms with van der Waals surface area (Å²) >= 11 is 0. The van der Waals surface area contributed by atoms with Crippen molar-refractivity contribution >= 4 is 15.9 Å². The molecule has 1 saturated heterocycles. The molecule has 0 aromatic heterocycles. The third-order valence-electron chi connectivity index (χ3n) is 3.64. The van der Waals surface area contributed by atoms with Gasteiger partial charge in [-0.1, -0.05) is 24.3 Å². The number of carbonyl (C=O) groups is 1. The average molecular weight is 339 g/mol. The van der Waals surface area contributed by atoms with Crippen LogP contribution in [0, 0.1) is 0 Å². The first-order valence-corrected chi connectivity index (χ1v) is 9.60. The van der Waals surface area contributed by atoms with E-state index < -0.39 is 10.0 Å². The van der Waals surface area contributed by atoms with Crippen molar-refractivity contribution in [2.24, 2.45) is 0 Å². The van der Waals surface area contributed by atoms with Gasteiger partial charge in [-0.25, -0.2) is 13.1 Å². The van der Waals surface area contributed by atoms with Crippen molar-refractivity contribution in [2.75, 3.05) is 6.54 Å². The molecule has 7 heteroatoms. The molecule has 1 aliphatic heterocycles. The van der Waals surface area contributed by atoms with Gasteiger partial charge in [0.15, 0.2) is 0 Å². The average Bonchev–Trinajstić information content (AvgIpc) is 2.98. The van der Waals surface area contributed by atoms with Gasteiger partial charge in [-0.15, -0.1) is 0 Å². The lowest BCUT2D eigenvalue weighted by molar-refractivity contribution is -0.122. The summed E-state index contributed by atoms with van der Waals surface area (Å²) in [6.07, 6.45) is 1.91. The zero-order chi connectivity index (χ0) is 16.9. The lowest BCUT2D eigenvalue weighted by Gasteiger charge is -2.12. The minimum absolute atomic E-state index is 0.0234. The van der Waals surface area contributed by atoms with Gasteiger partial charge in [0.05, 0.1) is 11.8 Å². The van der Waals surface area contributed by atoms with Crippen molar-refractivity contribution in [1.29, 1.82) is 0 Å². The molecule has 1 heterocycles. The lowest BCUT2D eigenvalue weighted by Crippen LogP contribution is -2.39. The molecule has 1 aromatic carbocycles. The molecule has 6 nitrogen and oxygen atoms in total. The Bertz CT molecular complexity index is 620. The first-order chi connectivity index (χ1) is 10.9. The van der Waals surface area contributed by atoms with E-state index in [9.17, 15) is 13.2 Å². The van der Waals surface area contributed by atoms with Crippen LogP contribution in [0.1, 0.15) is 37.8 Å². The van der Waals surface area contributed by atoms with Crippen molar-refractivity contribution in [3.63, 3.8) is 0 Å². The van der Waals surface area contributed by atoms with Gasteiger partial charge in [0.1, 0.15) is 0 Å². The maximum atomic E-state index is 11.9. The van der Waals surface area contributed by atoms with E-state index in [-0.39, 0.29) is 23.7 Å². The molecule has 128 valence electrons. The molecular weight excluding hydrogens is 314 g/mol. The third kappa shape index (κ3) is 5.93. The highest BCUT2D eigenvalue weighted by molar-refractivity contribution is 7.88. The molecule has 0 radical (unpaired) electrons. The number of nitrogens with one attached hydrogen (secondary N) is 3. The van der Waals surface area contributed by atoms with E-state index in [0.29, 0.717) is 6.54 Å². The van der Waals surface area contributed by atoms with Crippen LogP contribution >= 0.6 is 0 Å². The zero-order valence-electron chi connectivity index (χ0n) is 13.6. The number of amides is 1. The highest BCUT2D eigenvalue weighted by Gasteiger charge is 2.21. The van der Waals surface area contributed by atoms with E-state index in [0.717, 1.165) is 30.5 Å². The molecule has 1 amide bonds. The van der Waals surface area contributed by atoms with Crippen LogP contribution < -0.4 is 15.4 Å². The van der Waals surface area contributed by atoms with Crippen LogP contribution in [0.25, 0.3) is 0 Å². The summed E-state index contributed by atoms with van der Waals surface area (Å²) in [7, 11) is -3.31. The molecule has 1 aliphatic rings. The SMILES string of the molecule is CC(C)NS(=O)(=O)Cc1ccc(CNC(=O)C2CCCN2)cc1. The largest absolute Gasteiger partial charge is 0.351 e. The monoisotopic (exact) mass is 339 g/mol. The number of hydrogen-bond acceptors (Lipinski definition) is 4. The molecule has 1 fully saturated rings. The number of carbonyl (C=O) groups excluding carboxylic acids is 1. The number of rotatable bonds is 7. The molecular formula is C16H25N3O3S. The summed E-state index contributed by atoms with van der Waals surface area (Å²) in [5, 5.41) is 6.06. The van der Waals surface area contributed by atoms with E-state index in [4.69, 9.17) is 0 Å². The second kappa shape index (κ2) is 7.90. The highest BCUT2D eigenvalue weighted by atomic mass is 32.2. The van der Waals surface area contributed by atoms with E-state index >= 15 is 0 Å². The second-order valence-corrected chi connectivity index (χ2v) is 7.97. The summed E-state index contributed by atoms with van der Waals surface area (Å²) in [6, 6.07) is 7.08. The first kappa shape index (κ1) is 17.9. The maximum absolute atomic E-state index is 11.9. The first-order valence-electron chi connectivity index (χ1n) is 7.94. The van der Waals surface area contributed by atoms with Gasteiger partial charge in [0.2, 0.25) is 15.9 Å². The van der Waals surface area contributed by atoms with Gasteiger partial charge < -0.3 is 10.6 Å². The fraction of sp³-hybridized carbons (Fsp3) is 0.562. The summed E-state index contributed by atoms with van der Waals surface area (Å²) < 4.78 is 26.3. The Morgan fingerprint density at radius 1 is 1.26 bits per heavy atom. The molecule has 0 saturated carbocycles. The molecule has 0 spiro atoms. The van der Waals surface area contributed by atoms with Gasteiger partial charge >= 0.3 is 0 Å². The maximum Gasteiger partial charge on any atom is 0.237 e. The Hall–Kier alpha value is -1.44. The quantitative estimate of drug-likeness (QED) is 0.688. The van der Waals surface area contributed by atoms with E-state index in [2.05, 4.69) is 15.4 Å². The molecule has 1 unspecified atom stereocenters. The second-order valence-electron chi connectivity index (χ2n) is 6.21. The van der Waals surface area contributed by atoms with Crippen LogP contribution in [0.5, 0.6) is 0 Å². The van der Waals surface area contributed by atoms with E-state index in [1.807, 2.05) is 12.1 Å². The van der Waals surface area contributed by atoms with Crippen molar-refractivity contribution < 1.29 is 13.2 Å². The van der Waals surface area contributed by atoms with Crippen LogP contribution in [-0.4, -0.2) is 33.0 Å². The van der Waals surface area contributed by atoms with Crippen LogP contribution in [0.15, 0.2) is 24.3 Å². The predicted molar refractivity (Wildman–Crippen MR) is 90.2 cm³/mol. The van der Waals surface area contributed by atoms with Gasteiger partial charge in [-0.3, -0.25) is 4.79 Å². The van der Waals surface area contributed by atoms with E-state index in [1.165, 1.54) is 0 Å². The van der Waals surface area contributed by atoms with Crippen molar-refractivity contribution in [1.82, 2.24) is 15.4 Å². The molecule has 2 rings (SSSR count). The van der Waals surface area contributed by atoms with Gasteiger partial charge in [0, 0.05) is 12.6 Å². The molecule has 1 aromatic rings. The van der Waals surface area contributed by atoms with E-state index in [1.54, 1.807) is 26.0 Å². The number of sulfonamides is 1. The molecule has 1 atom stereocenters. The summed E-state index contributed by atoms with van der Waals surface area (Å²) in [5.41, 5.74) is 1.68. The van der Waals surface area contributed by atoms with Gasteiger partial charge in [-0.2, -0.15) is 0 Å². The Morgan fingerprint density at radius 3 is 2.48 bits per heavy atom. The highest BCUT2D eigenvalue weighted by Crippen LogP contribution is 2.09. The summed E-state index contributed by atoms with van der Waals surface area (Å²) in [6.45, 7) is 4.94. The van der Waals surface area contributed by atoms with Gasteiger partial charge in [0.25, 0.3) is 0 Å². The van der Waals surface area contributed by atoms with Crippen LogP contribution in [-0.2, 0) is 27.1 Å². The minimum Gasteiger partial charge on any atom is -0.351 e. The topological polar surface area (TPSA) is 87.3 Å². The number of hydrogen-bond donors (Lipinski definition) is 3.